The third-order valence-corrected chi connectivity index (χ3v) is 3.88. The maximum absolute atomic E-state index is 12.5. The van der Waals surface area contributed by atoms with Gasteiger partial charge in [0, 0.05) is 13.1 Å². The molecule has 2 heterocycles. The molecule has 1 amide bonds. The molecule has 3 nitrogen and oxygen atoms in total. The van der Waals surface area contributed by atoms with Gasteiger partial charge in [0.05, 0.1) is 0 Å². The van der Waals surface area contributed by atoms with E-state index in [-0.39, 0.29) is 12.0 Å². The number of rotatable bonds is 1. The second-order valence-electron chi connectivity index (χ2n) is 5.37. The Bertz CT molecular complexity index is 509. The first kappa shape index (κ1) is 12.3. The van der Waals surface area contributed by atoms with Crippen molar-refractivity contribution in [3.8, 4) is 5.75 Å². The molecule has 0 aliphatic carbocycles. The third kappa shape index (κ3) is 2.50. The van der Waals surface area contributed by atoms with Crippen molar-refractivity contribution in [3.05, 3.63) is 42.0 Å². The van der Waals surface area contributed by atoms with Gasteiger partial charge in [0.2, 0.25) is 0 Å². The maximum Gasteiger partial charge on any atom is 0.263 e. The van der Waals surface area contributed by atoms with E-state index in [9.17, 15) is 4.79 Å². The molecular formula is C16H19NO2. The van der Waals surface area contributed by atoms with Crippen molar-refractivity contribution in [3.63, 3.8) is 0 Å². The van der Waals surface area contributed by atoms with Gasteiger partial charge in [-0.1, -0.05) is 30.4 Å². The molecule has 2 aliphatic heterocycles. The van der Waals surface area contributed by atoms with Gasteiger partial charge in [0.25, 0.3) is 5.91 Å². The molecule has 3 heteroatoms. The second-order valence-corrected chi connectivity index (χ2v) is 5.37. The van der Waals surface area contributed by atoms with Crippen molar-refractivity contribution >= 4 is 5.91 Å². The lowest BCUT2D eigenvalue weighted by Gasteiger charge is -2.33. The Hall–Kier alpha value is -1.77. The summed E-state index contributed by atoms with van der Waals surface area (Å²) in [6.07, 6.45) is 3.44. The summed E-state index contributed by atoms with van der Waals surface area (Å²) >= 11 is 0. The third-order valence-electron chi connectivity index (χ3n) is 3.88. The summed E-state index contributed by atoms with van der Waals surface area (Å²) in [6.45, 7) is 5.52. The normalized spacial score (nSPS) is 22.6. The van der Waals surface area contributed by atoms with E-state index in [1.165, 1.54) is 5.56 Å². The van der Waals surface area contributed by atoms with Crippen molar-refractivity contribution in [1.82, 2.24) is 4.90 Å². The lowest BCUT2D eigenvalue weighted by molar-refractivity contribution is -0.139. The molecule has 2 aliphatic rings. The predicted octanol–water partition coefficient (Wildman–Crippen LogP) is 2.56. The fourth-order valence-electron chi connectivity index (χ4n) is 2.84. The molecule has 0 N–H and O–H groups in total. The van der Waals surface area contributed by atoms with Crippen molar-refractivity contribution in [2.45, 2.75) is 31.8 Å². The number of carbonyl (C=O) groups is 1. The molecule has 3 rings (SSSR count). The van der Waals surface area contributed by atoms with Gasteiger partial charge in [-0.2, -0.15) is 0 Å². The first-order valence-corrected chi connectivity index (χ1v) is 6.94. The number of hydrogen-bond donors (Lipinski definition) is 0. The van der Waals surface area contributed by atoms with Crippen LogP contribution in [-0.2, 0) is 11.2 Å². The van der Waals surface area contributed by atoms with Crippen LogP contribution >= 0.6 is 0 Å². The zero-order chi connectivity index (χ0) is 13.2. The molecule has 100 valence electrons. The average Bonchev–Trinajstić information content (AvgIpc) is 2.46. The molecule has 1 aromatic rings. The topological polar surface area (TPSA) is 29.5 Å². The van der Waals surface area contributed by atoms with Crippen molar-refractivity contribution in [1.29, 1.82) is 0 Å². The second kappa shape index (κ2) is 5.08. The summed E-state index contributed by atoms with van der Waals surface area (Å²) in [6, 6.07) is 7.98. The van der Waals surface area contributed by atoms with E-state index in [0.717, 1.165) is 43.6 Å². The molecule has 1 atom stereocenters. The molecule has 0 spiro atoms. The summed E-state index contributed by atoms with van der Waals surface area (Å²) in [4.78, 5) is 14.4. The number of likely N-dealkylation sites (tertiary alicyclic amines) is 1. The Kier molecular flexibility index (Phi) is 3.28. The molecule has 0 saturated carbocycles. The van der Waals surface area contributed by atoms with Gasteiger partial charge in [0.1, 0.15) is 5.75 Å². The van der Waals surface area contributed by atoms with Gasteiger partial charge >= 0.3 is 0 Å². The molecule has 1 aromatic carbocycles. The number of hydrogen-bond acceptors (Lipinski definition) is 2. The van der Waals surface area contributed by atoms with Crippen LogP contribution in [0.1, 0.15) is 24.8 Å². The number of fused-ring (bicyclic) bond motifs is 1. The minimum atomic E-state index is -0.319. The van der Waals surface area contributed by atoms with Crippen LogP contribution in [0.3, 0.4) is 0 Å². The SMILES string of the molecule is C=C1CCCN(C(=O)[C@@H]2CCc3ccccc3O2)C1. The van der Waals surface area contributed by atoms with Crippen molar-refractivity contribution in [2.24, 2.45) is 0 Å². The number of para-hydroxylation sites is 1. The smallest absolute Gasteiger partial charge is 0.263 e. The van der Waals surface area contributed by atoms with Crippen LogP contribution in [-0.4, -0.2) is 30.0 Å². The molecule has 0 unspecified atom stereocenters. The monoisotopic (exact) mass is 257 g/mol. The Morgan fingerprint density at radius 2 is 2.16 bits per heavy atom. The minimum absolute atomic E-state index is 0.121. The summed E-state index contributed by atoms with van der Waals surface area (Å²) < 4.78 is 5.86. The summed E-state index contributed by atoms with van der Waals surface area (Å²) in [5.41, 5.74) is 2.35. The van der Waals surface area contributed by atoms with E-state index >= 15 is 0 Å². The van der Waals surface area contributed by atoms with Gasteiger partial charge in [-0.15, -0.1) is 0 Å². The van der Waals surface area contributed by atoms with Crippen LogP contribution < -0.4 is 4.74 Å². The van der Waals surface area contributed by atoms with E-state index in [4.69, 9.17) is 4.74 Å². The van der Waals surface area contributed by atoms with E-state index in [2.05, 4.69) is 12.6 Å². The lowest BCUT2D eigenvalue weighted by Crippen LogP contribution is -2.46. The number of aryl methyl sites for hydroxylation is 1. The molecule has 0 radical (unpaired) electrons. The fourth-order valence-corrected chi connectivity index (χ4v) is 2.84. The lowest BCUT2D eigenvalue weighted by atomic mass is 10.00. The average molecular weight is 257 g/mol. The van der Waals surface area contributed by atoms with Gasteiger partial charge in [-0.3, -0.25) is 4.79 Å². The number of amides is 1. The highest BCUT2D eigenvalue weighted by atomic mass is 16.5. The summed E-state index contributed by atoms with van der Waals surface area (Å²) in [5, 5.41) is 0. The van der Waals surface area contributed by atoms with Gasteiger partial charge < -0.3 is 9.64 Å². The largest absolute Gasteiger partial charge is 0.480 e. The zero-order valence-electron chi connectivity index (χ0n) is 11.1. The predicted molar refractivity (Wildman–Crippen MR) is 74.1 cm³/mol. The van der Waals surface area contributed by atoms with E-state index in [1.807, 2.05) is 23.1 Å². The Morgan fingerprint density at radius 1 is 1.32 bits per heavy atom. The number of benzene rings is 1. The highest BCUT2D eigenvalue weighted by molar-refractivity contribution is 5.82. The summed E-state index contributed by atoms with van der Waals surface area (Å²) in [7, 11) is 0. The highest BCUT2D eigenvalue weighted by Crippen LogP contribution is 2.28. The quantitative estimate of drug-likeness (QED) is 0.724. The van der Waals surface area contributed by atoms with Crippen LogP contribution in [0.4, 0.5) is 0 Å². The van der Waals surface area contributed by atoms with Crippen molar-refractivity contribution < 1.29 is 9.53 Å². The zero-order valence-corrected chi connectivity index (χ0v) is 11.1. The first-order chi connectivity index (χ1) is 9.24. The van der Waals surface area contributed by atoms with Gasteiger partial charge in [0.15, 0.2) is 6.10 Å². The molecule has 0 aromatic heterocycles. The molecule has 0 bridgehead atoms. The Balaban J connectivity index is 1.70. The molecular weight excluding hydrogens is 238 g/mol. The fraction of sp³-hybridized carbons (Fsp3) is 0.438. The Morgan fingerprint density at radius 3 is 3.00 bits per heavy atom. The van der Waals surface area contributed by atoms with Crippen molar-refractivity contribution in [2.75, 3.05) is 13.1 Å². The van der Waals surface area contributed by atoms with E-state index < -0.39 is 0 Å². The van der Waals surface area contributed by atoms with Gasteiger partial charge in [-0.05, 0) is 37.3 Å². The molecule has 1 fully saturated rings. The van der Waals surface area contributed by atoms with Gasteiger partial charge in [-0.25, -0.2) is 0 Å². The minimum Gasteiger partial charge on any atom is -0.480 e. The summed E-state index contributed by atoms with van der Waals surface area (Å²) in [5.74, 6) is 0.985. The number of carbonyl (C=O) groups excluding carboxylic acids is 1. The Labute approximate surface area is 113 Å². The molecule has 1 saturated heterocycles. The number of nitrogens with zero attached hydrogens (tertiary/aromatic N) is 1. The maximum atomic E-state index is 12.5. The van der Waals surface area contributed by atoms with E-state index in [0.29, 0.717) is 6.54 Å². The number of ether oxygens (including phenoxy) is 1. The van der Waals surface area contributed by atoms with Crippen LogP contribution in [0, 0.1) is 0 Å². The van der Waals surface area contributed by atoms with Crippen LogP contribution in [0.25, 0.3) is 0 Å². The molecule has 19 heavy (non-hydrogen) atoms. The van der Waals surface area contributed by atoms with Crippen LogP contribution in [0.15, 0.2) is 36.4 Å². The van der Waals surface area contributed by atoms with E-state index in [1.54, 1.807) is 0 Å². The van der Waals surface area contributed by atoms with Crippen LogP contribution in [0.2, 0.25) is 0 Å². The van der Waals surface area contributed by atoms with Crippen LogP contribution in [0.5, 0.6) is 5.75 Å². The standard InChI is InChI=1S/C16H19NO2/c1-12-5-4-10-17(11-12)16(18)15-9-8-13-6-2-3-7-14(13)19-15/h2-3,6-7,15H,1,4-5,8-11H2/t15-/m0/s1. The first-order valence-electron chi connectivity index (χ1n) is 6.94. The number of piperidine rings is 1. The highest BCUT2D eigenvalue weighted by Gasteiger charge is 2.30.